The van der Waals surface area contributed by atoms with Crippen LogP contribution in [0.3, 0.4) is 0 Å². The first-order chi connectivity index (χ1) is 12.2. The Morgan fingerprint density at radius 2 is 1.76 bits per heavy atom. The fraction of sp³-hybridized carbons (Fsp3) is 0.333. The maximum Gasteiger partial charge on any atom is 0.240 e. The number of amides is 2. The Kier molecular flexibility index (Phi) is 4.26. The van der Waals surface area contributed by atoms with Crippen molar-refractivity contribution in [3.63, 3.8) is 0 Å². The molecule has 0 radical (unpaired) electrons. The van der Waals surface area contributed by atoms with Crippen LogP contribution in [0.5, 0.6) is 0 Å². The number of rotatable bonds is 3. The van der Waals surface area contributed by atoms with Crippen molar-refractivity contribution in [3.05, 3.63) is 65.2 Å². The standard InChI is InChI=1S/C21H22N2O2/c24-20(22-18-10-5-8-15-6-1-3-9-17(15)18)14-23-19-11-4-2-7-16(19)12-13-21(23)25/h1-4,6-7,9,11,18H,5,8,10,12-14H2,(H,22,24)/t18-/m1/s1. The zero-order valence-electron chi connectivity index (χ0n) is 14.2. The van der Waals surface area contributed by atoms with Crippen molar-refractivity contribution in [2.45, 2.75) is 38.1 Å². The summed E-state index contributed by atoms with van der Waals surface area (Å²) >= 11 is 0. The maximum atomic E-state index is 12.6. The van der Waals surface area contributed by atoms with E-state index in [0.717, 1.165) is 36.9 Å². The van der Waals surface area contributed by atoms with E-state index in [9.17, 15) is 9.59 Å². The van der Waals surface area contributed by atoms with E-state index in [1.54, 1.807) is 4.90 Å². The molecule has 2 aromatic carbocycles. The van der Waals surface area contributed by atoms with Crippen LogP contribution in [0.1, 0.15) is 42.0 Å². The Bertz CT molecular complexity index is 815. The zero-order valence-corrected chi connectivity index (χ0v) is 14.2. The fourth-order valence-electron chi connectivity index (χ4n) is 3.96. The van der Waals surface area contributed by atoms with Crippen LogP contribution < -0.4 is 10.2 Å². The molecule has 1 atom stereocenters. The van der Waals surface area contributed by atoms with Gasteiger partial charge in [0.15, 0.2) is 0 Å². The predicted octanol–water partition coefficient (Wildman–Crippen LogP) is 3.16. The number of carbonyl (C=O) groups excluding carboxylic acids is 2. The molecule has 0 unspecified atom stereocenters. The molecule has 0 bridgehead atoms. The van der Waals surface area contributed by atoms with E-state index in [1.165, 1.54) is 11.1 Å². The largest absolute Gasteiger partial charge is 0.348 e. The lowest BCUT2D eigenvalue weighted by atomic mass is 9.88. The number of hydrogen-bond acceptors (Lipinski definition) is 2. The van der Waals surface area contributed by atoms with Crippen molar-refractivity contribution in [1.82, 2.24) is 5.32 Å². The smallest absolute Gasteiger partial charge is 0.240 e. The Morgan fingerprint density at radius 3 is 2.64 bits per heavy atom. The van der Waals surface area contributed by atoms with Crippen LogP contribution in [0.2, 0.25) is 0 Å². The van der Waals surface area contributed by atoms with Crippen molar-refractivity contribution in [3.8, 4) is 0 Å². The molecule has 0 saturated heterocycles. The van der Waals surface area contributed by atoms with Crippen LogP contribution in [0, 0.1) is 0 Å². The maximum absolute atomic E-state index is 12.6. The van der Waals surface area contributed by atoms with Gasteiger partial charge in [-0.3, -0.25) is 9.59 Å². The molecule has 4 rings (SSSR count). The van der Waals surface area contributed by atoms with Gasteiger partial charge < -0.3 is 10.2 Å². The van der Waals surface area contributed by atoms with Gasteiger partial charge in [0.25, 0.3) is 0 Å². The summed E-state index contributed by atoms with van der Waals surface area (Å²) in [7, 11) is 0. The first-order valence-electron chi connectivity index (χ1n) is 8.98. The Morgan fingerprint density at radius 1 is 1.00 bits per heavy atom. The topological polar surface area (TPSA) is 49.4 Å². The van der Waals surface area contributed by atoms with Crippen LogP contribution in [0.15, 0.2) is 48.5 Å². The number of nitrogens with zero attached hydrogens (tertiary/aromatic N) is 1. The van der Waals surface area contributed by atoms with Gasteiger partial charge in [0.1, 0.15) is 6.54 Å². The number of carbonyl (C=O) groups is 2. The third-order valence-corrected chi connectivity index (χ3v) is 5.20. The number of para-hydroxylation sites is 1. The average molecular weight is 334 g/mol. The molecule has 0 fully saturated rings. The van der Waals surface area contributed by atoms with E-state index < -0.39 is 0 Å². The minimum atomic E-state index is -0.0910. The third-order valence-electron chi connectivity index (χ3n) is 5.20. The summed E-state index contributed by atoms with van der Waals surface area (Å²) in [6.07, 6.45) is 4.32. The van der Waals surface area contributed by atoms with Gasteiger partial charge in [0.05, 0.1) is 6.04 Å². The first-order valence-corrected chi connectivity index (χ1v) is 8.98. The van der Waals surface area contributed by atoms with Crippen molar-refractivity contribution in [1.29, 1.82) is 0 Å². The Hall–Kier alpha value is -2.62. The molecule has 1 heterocycles. The van der Waals surface area contributed by atoms with Crippen molar-refractivity contribution in [2.24, 2.45) is 0 Å². The monoisotopic (exact) mass is 334 g/mol. The fourth-order valence-corrected chi connectivity index (χ4v) is 3.96. The number of anilines is 1. The van der Waals surface area contributed by atoms with Gasteiger partial charge >= 0.3 is 0 Å². The molecule has 2 aromatic rings. The highest BCUT2D eigenvalue weighted by Crippen LogP contribution is 2.30. The van der Waals surface area contributed by atoms with Crippen molar-refractivity contribution in [2.75, 3.05) is 11.4 Å². The summed E-state index contributed by atoms with van der Waals surface area (Å²) in [4.78, 5) is 26.6. The SMILES string of the molecule is O=C(CN1C(=O)CCc2ccccc21)N[C@@H]1CCCc2ccccc21. The van der Waals surface area contributed by atoms with Gasteiger partial charge in [-0.1, -0.05) is 42.5 Å². The van der Waals surface area contributed by atoms with Crippen LogP contribution in [0.25, 0.3) is 0 Å². The highest BCUT2D eigenvalue weighted by atomic mass is 16.2. The number of aryl methyl sites for hydroxylation is 2. The number of fused-ring (bicyclic) bond motifs is 2. The van der Waals surface area contributed by atoms with Crippen LogP contribution in [-0.4, -0.2) is 18.4 Å². The molecule has 1 aliphatic carbocycles. The molecule has 2 amide bonds. The molecule has 4 nitrogen and oxygen atoms in total. The summed E-state index contributed by atoms with van der Waals surface area (Å²) in [6.45, 7) is 0.0918. The number of benzene rings is 2. The van der Waals surface area contributed by atoms with Gasteiger partial charge in [-0.15, -0.1) is 0 Å². The molecule has 4 heteroatoms. The summed E-state index contributed by atoms with van der Waals surface area (Å²) in [5.74, 6) is -0.0651. The number of hydrogen-bond donors (Lipinski definition) is 1. The van der Waals surface area contributed by atoms with E-state index in [-0.39, 0.29) is 24.4 Å². The molecule has 0 aromatic heterocycles. The third kappa shape index (κ3) is 3.16. The molecular weight excluding hydrogens is 312 g/mol. The molecule has 128 valence electrons. The lowest BCUT2D eigenvalue weighted by molar-refractivity contribution is -0.124. The summed E-state index contributed by atoms with van der Waals surface area (Å²) in [5.41, 5.74) is 4.54. The van der Waals surface area contributed by atoms with Gasteiger partial charge in [-0.05, 0) is 48.4 Å². The van der Waals surface area contributed by atoms with E-state index in [2.05, 4.69) is 17.4 Å². The molecule has 0 spiro atoms. The second kappa shape index (κ2) is 6.71. The lowest BCUT2D eigenvalue weighted by Gasteiger charge is -2.31. The summed E-state index contributed by atoms with van der Waals surface area (Å²) in [6, 6.07) is 16.2. The van der Waals surface area contributed by atoms with Gasteiger partial charge in [-0.25, -0.2) is 0 Å². The minimum Gasteiger partial charge on any atom is -0.348 e. The van der Waals surface area contributed by atoms with Gasteiger partial charge in [0, 0.05) is 12.1 Å². The minimum absolute atomic E-state index is 0.0258. The first kappa shape index (κ1) is 15.9. The molecule has 0 saturated carbocycles. The lowest BCUT2D eigenvalue weighted by Crippen LogP contribution is -2.44. The van der Waals surface area contributed by atoms with E-state index in [0.29, 0.717) is 6.42 Å². The summed E-state index contributed by atoms with van der Waals surface area (Å²) in [5, 5.41) is 3.14. The van der Waals surface area contributed by atoms with Crippen LogP contribution in [-0.2, 0) is 22.4 Å². The average Bonchev–Trinajstić information content (AvgIpc) is 2.64. The van der Waals surface area contributed by atoms with E-state index >= 15 is 0 Å². The molecular formula is C21H22N2O2. The van der Waals surface area contributed by atoms with E-state index in [4.69, 9.17) is 0 Å². The zero-order chi connectivity index (χ0) is 17.2. The van der Waals surface area contributed by atoms with Gasteiger partial charge in [-0.2, -0.15) is 0 Å². The summed E-state index contributed by atoms with van der Waals surface area (Å²) < 4.78 is 0. The normalized spacial score (nSPS) is 19.1. The molecule has 1 aliphatic heterocycles. The highest BCUT2D eigenvalue weighted by Gasteiger charge is 2.27. The predicted molar refractivity (Wildman–Crippen MR) is 97.4 cm³/mol. The van der Waals surface area contributed by atoms with E-state index in [1.807, 2.05) is 36.4 Å². The number of nitrogens with one attached hydrogen (secondary N) is 1. The molecule has 25 heavy (non-hydrogen) atoms. The Labute approximate surface area is 147 Å². The molecule has 1 N–H and O–H groups in total. The quantitative estimate of drug-likeness (QED) is 0.937. The van der Waals surface area contributed by atoms with Crippen molar-refractivity contribution >= 4 is 17.5 Å². The van der Waals surface area contributed by atoms with Gasteiger partial charge in [0.2, 0.25) is 11.8 Å². The van der Waals surface area contributed by atoms with Crippen LogP contribution >= 0.6 is 0 Å². The van der Waals surface area contributed by atoms with Crippen LogP contribution in [0.4, 0.5) is 5.69 Å². The second-order valence-corrected chi connectivity index (χ2v) is 6.82. The second-order valence-electron chi connectivity index (χ2n) is 6.82. The highest BCUT2D eigenvalue weighted by molar-refractivity contribution is 6.01. The molecule has 2 aliphatic rings. The Balaban J connectivity index is 1.49. The van der Waals surface area contributed by atoms with Crippen molar-refractivity contribution < 1.29 is 9.59 Å².